The van der Waals surface area contributed by atoms with Gasteiger partial charge in [0.1, 0.15) is 0 Å². The SMILES string of the molecule is CN1CCCC1c1cncc(CCCNC(=O)CN)c1. The molecular formula is C15H24N4O. The summed E-state index contributed by atoms with van der Waals surface area (Å²) in [4.78, 5) is 17.8. The summed E-state index contributed by atoms with van der Waals surface area (Å²) >= 11 is 0. The summed E-state index contributed by atoms with van der Waals surface area (Å²) in [7, 11) is 2.17. The summed E-state index contributed by atoms with van der Waals surface area (Å²) in [5.74, 6) is -0.0931. The molecule has 1 aromatic rings. The summed E-state index contributed by atoms with van der Waals surface area (Å²) in [6, 6.07) is 2.77. The van der Waals surface area contributed by atoms with Crippen LogP contribution in [-0.4, -0.2) is 42.5 Å². The molecule has 0 aliphatic carbocycles. The summed E-state index contributed by atoms with van der Waals surface area (Å²) in [5, 5.41) is 2.79. The molecular weight excluding hydrogens is 252 g/mol. The van der Waals surface area contributed by atoms with E-state index in [1.165, 1.54) is 30.5 Å². The van der Waals surface area contributed by atoms with Crippen LogP contribution in [0.2, 0.25) is 0 Å². The molecule has 20 heavy (non-hydrogen) atoms. The van der Waals surface area contributed by atoms with Crippen molar-refractivity contribution in [3.63, 3.8) is 0 Å². The van der Waals surface area contributed by atoms with E-state index in [0.29, 0.717) is 12.6 Å². The lowest BCUT2D eigenvalue weighted by Gasteiger charge is -2.19. The minimum atomic E-state index is -0.0931. The number of hydrogen-bond acceptors (Lipinski definition) is 4. The number of likely N-dealkylation sites (tertiary alicyclic amines) is 1. The van der Waals surface area contributed by atoms with Crippen LogP contribution in [0.15, 0.2) is 18.5 Å². The Balaban J connectivity index is 1.85. The van der Waals surface area contributed by atoms with Crippen LogP contribution >= 0.6 is 0 Å². The van der Waals surface area contributed by atoms with Gasteiger partial charge in [0.25, 0.3) is 0 Å². The molecule has 2 rings (SSSR count). The number of nitrogens with zero attached hydrogens (tertiary/aromatic N) is 2. The predicted molar refractivity (Wildman–Crippen MR) is 79.2 cm³/mol. The van der Waals surface area contributed by atoms with Crippen molar-refractivity contribution in [1.82, 2.24) is 15.2 Å². The minimum Gasteiger partial charge on any atom is -0.355 e. The quantitative estimate of drug-likeness (QED) is 0.756. The van der Waals surface area contributed by atoms with Gasteiger partial charge in [-0.25, -0.2) is 0 Å². The third kappa shape index (κ3) is 4.02. The van der Waals surface area contributed by atoms with Crippen molar-refractivity contribution < 1.29 is 4.79 Å². The number of nitrogens with two attached hydrogens (primary N) is 1. The molecule has 0 spiro atoms. The molecule has 1 aliphatic heterocycles. The van der Waals surface area contributed by atoms with Gasteiger partial charge in [-0.1, -0.05) is 6.07 Å². The summed E-state index contributed by atoms with van der Waals surface area (Å²) < 4.78 is 0. The third-order valence-corrected chi connectivity index (χ3v) is 3.87. The van der Waals surface area contributed by atoms with E-state index >= 15 is 0 Å². The first-order valence-corrected chi connectivity index (χ1v) is 7.31. The first-order chi connectivity index (χ1) is 9.70. The van der Waals surface area contributed by atoms with E-state index in [1.54, 1.807) is 0 Å². The zero-order valence-electron chi connectivity index (χ0n) is 12.1. The Bertz CT molecular complexity index is 449. The normalized spacial score (nSPS) is 19.2. The monoisotopic (exact) mass is 276 g/mol. The number of nitrogens with one attached hydrogen (secondary N) is 1. The molecule has 2 heterocycles. The van der Waals surface area contributed by atoms with Crippen LogP contribution in [0.5, 0.6) is 0 Å². The molecule has 0 radical (unpaired) electrons. The number of aryl methyl sites for hydroxylation is 1. The first-order valence-electron chi connectivity index (χ1n) is 7.31. The van der Waals surface area contributed by atoms with Gasteiger partial charge in [0.15, 0.2) is 0 Å². The van der Waals surface area contributed by atoms with E-state index in [4.69, 9.17) is 5.73 Å². The van der Waals surface area contributed by atoms with Crippen LogP contribution in [0.4, 0.5) is 0 Å². The number of amides is 1. The Labute approximate surface area is 120 Å². The van der Waals surface area contributed by atoms with Gasteiger partial charge >= 0.3 is 0 Å². The molecule has 1 amide bonds. The van der Waals surface area contributed by atoms with Gasteiger partial charge < -0.3 is 11.1 Å². The highest BCUT2D eigenvalue weighted by molar-refractivity contribution is 5.77. The number of carbonyl (C=O) groups excluding carboxylic acids is 1. The standard InChI is InChI=1S/C15H24N4O/c1-19-7-3-5-14(19)13-8-12(10-17-11-13)4-2-6-18-15(20)9-16/h8,10-11,14H,2-7,9,16H2,1H3,(H,18,20). The first kappa shape index (κ1) is 14.9. The number of hydrogen-bond donors (Lipinski definition) is 2. The summed E-state index contributed by atoms with van der Waals surface area (Å²) in [6.45, 7) is 1.90. The lowest BCUT2D eigenvalue weighted by Crippen LogP contribution is -2.31. The molecule has 1 fully saturated rings. The van der Waals surface area contributed by atoms with Gasteiger partial charge in [-0.15, -0.1) is 0 Å². The number of pyridine rings is 1. The Hall–Kier alpha value is -1.46. The largest absolute Gasteiger partial charge is 0.355 e. The molecule has 1 aromatic heterocycles. The fourth-order valence-corrected chi connectivity index (χ4v) is 2.75. The highest BCUT2D eigenvalue weighted by Crippen LogP contribution is 2.30. The molecule has 0 bridgehead atoms. The Morgan fingerprint density at radius 3 is 3.10 bits per heavy atom. The second kappa shape index (κ2) is 7.36. The average molecular weight is 276 g/mol. The number of rotatable bonds is 6. The lowest BCUT2D eigenvalue weighted by molar-refractivity contribution is -0.119. The second-order valence-electron chi connectivity index (χ2n) is 5.42. The van der Waals surface area contributed by atoms with Crippen molar-refractivity contribution in [2.75, 3.05) is 26.7 Å². The van der Waals surface area contributed by atoms with Crippen LogP contribution in [0.25, 0.3) is 0 Å². The Kier molecular flexibility index (Phi) is 5.49. The van der Waals surface area contributed by atoms with Crippen LogP contribution < -0.4 is 11.1 Å². The van der Waals surface area contributed by atoms with Crippen molar-refractivity contribution >= 4 is 5.91 Å². The minimum absolute atomic E-state index is 0.0606. The van der Waals surface area contributed by atoms with Gasteiger partial charge in [-0.3, -0.25) is 14.7 Å². The van der Waals surface area contributed by atoms with Gasteiger partial charge in [-0.05, 0) is 50.4 Å². The maximum atomic E-state index is 11.0. The van der Waals surface area contributed by atoms with Gasteiger partial charge in [-0.2, -0.15) is 0 Å². The fraction of sp³-hybridized carbons (Fsp3) is 0.600. The van der Waals surface area contributed by atoms with E-state index in [-0.39, 0.29) is 12.5 Å². The summed E-state index contributed by atoms with van der Waals surface area (Å²) in [5.41, 5.74) is 7.80. The van der Waals surface area contributed by atoms with E-state index in [9.17, 15) is 4.79 Å². The lowest BCUT2D eigenvalue weighted by atomic mass is 10.0. The Morgan fingerprint density at radius 2 is 2.40 bits per heavy atom. The van der Waals surface area contributed by atoms with Crippen molar-refractivity contribution in [3.05, 3.63) is 29.6 Å². The van der Waals surface area contributed by atoms with E-state index in [2.05, 4.69) is 28.3 Å². The highest BCUT2D eigenvalue weighted by Gasteiger charge is 2.22. The molecule has 1 aliphatic rings. The number of carbonyl (C=O) groups is 1. The number of aromatic nitrogens is 1. The molecule has 1 saturated heterocycles. The van der Waals surface area contributed by atoms with Gasteiger partial charge in [0, 0.05) is 25.0 Å². The molecule has 5 nitrogen and oxygen atoms in total. The molecule has 0 saturated carbocycles. The van der Waals surface area contributed by atoms with Gasteiger partial charge in [0.05, 0.1) is 6.54 Å². The Morgan fingerprint density at radius 1 is 1.55 bits per heavy atom. The van der Waals surface area contributed by atoms with Crippen LogP contribution in [-0.2, 0) is 11.2 Å². The third-order valence-electron chi connectivity index (χ3n) is 3.87. The molecule has 5 heteroatoms. The molecule has 110 valence electrons. The maximum absolute atomic E-state index is 11.0. The van der Waals surface area contributed by atoms with E-state index < -0.39 is 0 Å². The highest BCUT2D eigenvalue weighted by atomic mass is 16.1. The predicted octanol–water partition coefficient (Wildman–Crippen LogP) is 0.856. The van der Waals surface area contributed by atoms with Crippen LogP contribution in [0.1, 0.15) is 36.4 Å². The van der Waals surface area contributed by atoms with Crippen molar-refractivity contribution in [1.29, 1.82) is 0 Å². The van der Waals surface area contributed by atoms with Crippen LogP contribution in [0.3, 0.4) is 0 Å². The molecule has 1 atom stereocenters. The zero-order valence-corrected chi connectivity index (χ0v) is 12.1. The summed E-state index contributed by atoms with van der Waals surface area (Å²) in [6.07, 6.45) is 8.22. The van der Waals surface area contributed by atoms with Crippen molar-refractivity contribution in [3.8, 4) is 0 Å². The molecule has 1 unspecified atom stereocenters. The van der Waals surface area contributed by atoms with Crippen molar-refractivity contribution in [2.24, 2.45) is 5.73 Å². The maximum Gasteiger partial charge on any atom is 0.233 e. The van der Waals surface area contributed by atoms with Crippen molar-refractivity contribution in [2.45, 2.75) is 31.7 Å². The fourth-order valence-electron chi connectivity index (χ4n) is 2.75. The smallest absolute Gasteiger partial charge is 0.233 e. The van der Waals surface area contributed by atoms with Gasteiger partial charge in [0.2, 0.25) is 5.91 Å². The molecule has 3 N–H and O–H groups in total. The second-order valence-corrected chi connectivity index (χ2v) is 5.42. The molecule has 0 aromatic carbocycles. The van der Waals surface area contributed by atoms with E-state index in [0.717, 1.165) is 12.8 Å². The van der Waals surface area contributed by atoms with Crippen LogP contribution in [0, 0.1) is 0 Å². The van der Waals surface area contributed by atoms with E-state index in [1.807, 2.05) is 12.4 Å². The zero-order chi connectivity index (χ0) is 14.4. The topological polar surface area (TPSA) is 71.2 Å². The average Bonchev–Trinajstić information content (AvgIpc) is 2.90.